The van der Waals surface area contributed by atoms with E-state index < -0.39 is 0 Å². The third-order valence-corrected chi connectivity index (χ3v) is 7.98. The molecule has 1 aromatic rings. The number of likely N-dealkylation sites (tertiary alicyclic amines) is 1. The average molecular weight is 385 g/mol. The molecule has 4 aliphatic heterocycles. The molecule has 152 valence electrons. The fourth-order valence-electron chi connectivity index (χ4n) is 6.50. The number of methoxy groups -OCH3 is 2. The van der Waals surface area contributed by atoms with Gasteiger partial charge >= 0.3 is 0 Å². The Kier molecular flexibility index (Phi) is 4.63. The van der Waals surface area contributed by atoms with Crippen LogP contribution in [0.3, 0.4) is 0 Å². The quantitative estimate of drug-likeness (QED) is 0.783. The van der Waals surface area contributed by atoms with Crippen molar-refractivity contribution in [2.75, 3.05) is 40.5 Å². The van der Waals surface area contributed by atoms with Crippen molar-refractivity contribution in [1.82, 2.24) is 9.80 Å². The van der Waals surface area contributed by atoms with Gasteiger partial charge in [-0.05, 0) is 50.8 Å². The van der Waals surface area contributed by atoms with Gasteiger partial charge in [0.1, 0.15) is 5.75 Å². The van der Waals surface area contributed by atoms with Gasteiger partial charge in [-0.3, -0.25) is 9.69 Å². The first-order chi connectivity index (χ1) is 13.7. The second-order valence-electron chi connectivity index (χ2n) is 9.23. The topological polar surface area (TPSA) is 42.0 Å². The van der Waals surface area contributed by atoms with Crippen LogP contribution in [-0.2, 0) is 9.53 Å². The molecule has 0 radical (unpaired) electrons. The van der Waals surface area contributed by atoms with Crippen LogP contribution >= 0.6 is 0 Å². The van der Waals surface area contributed by atoms with E-state index in [1.165, 1.54) is 31.5 Å². The van der Waals surface area contributed by atoms with Crippen LogP contribution in [0, 0.1) is 11.3 Å². The number of para-hydroxylation sites is 1. The lowest BCUT2D eigenvalue weighted by molar-refractivity contribution is -0.156. The van der Waals surface area contributed by atoms with Crippen molar-refractivity contribution in [3.05, 3.63) is 29.8 Å². The molecule has 5 nitrogen and oxygen atoms in total. The minimum atomic E-state index is -0.277. The Balaban J connectivity index is 1.52. The lowest BCUT2D eigenvalue weighted by Gasteiger charge is -2.52. The Bertz CT molecular complexity index is 739. The van der Waals surface area contributed by atoms with E-state index in [1.807, 2.05) is 6.07 Å². The van der Waals surface area contributed by atoms with Gasteiger partial charge in [0, 0.05) is 31.2 Å². The van der Waals surface area contributed by atoms with Gasteiger partial charge in [0.15, 0.2) is 0 Å². The average Bonchev–Trinajstić information content (AvgIpc) is 3.13. The number of hydrogen-bond acceptors (Lipinski definition) is 4. The molecular weight excluding hydrogens is 352 g/mol. The van der Waals surface area contributed by atoms with Gasteiger partial charge in [-0.15, -0.1) is 0 Å². The van der Waals surface area contributed by atoms with Crippen LogP contribution in [-0.4, -0.2) is 68.3 Å². The predicted molar refractivity (Wildman–Crippen MR) is 107 cm³/mol. The van der Waals surface area contributed by atoms with E-state index in [9.17, 15) is 4.79 Å². The zero-order valence-electron chi connectivity index (χ0n) is 17.1. The maximum Gasteiger partial charge on any atom is 0.231 e. The Hall–Kier alpha value is -1.59. The van der Waals surface area contributed by atoms with Crippen molar-refractivity contribution in [3.8, 4) is 5.75 Å². The van der Waals surface area contributed by atoms with Gasteiger partial charge in [0.2, 0.25) is 5.91 Å². The Morgan fingerprint density at radius 3 is 2.54 bits per heavy atom. The molecule has 28 heavy (non-hydrogen) atoms. The standard InChI is InChI=1S/C23H32N2O3/c1-27-15-23(10-5-11-23)22(26)25-14-18(17-6-3-4-7-19(17)28-2)21-20(25)16-8-12-24(21)13-9-16/h3-4,6-7,16,18,20-21H,5,8-15H2,1-2H3/t18-,20+,21+/m0/s1. The maximum absolute atomic E-state index is 13.8. The molecule has 0 aromatic heterocycles. The molecule has 5 aliphatic rings. The molecule has 0 spiro atoms. The van der Waals surface area contributed by atoms with Gasteiger partial charge in [0.25, 0.3) is 0 Å². The minimum Gasteiger partial charge on any atom is -0.496 e. The van der Waals surface area contributed by atoms with Crippen LogP contribution in [0.1, 0.15) is 43.6 Å². The van der Waals surface area contributed by atoms with Gasteiger partial charge < -0.3 is 14.4 Å². The number of rotatable bonds is 5. The summed E-state index contributed by atoms with van der Waals surface area (Å²) in [6, 6.07) is 9.17. The van der Waals surface area contributed by atoms with Crippen molar-refractivity contribution in [2.24, 2.45) is 11.3 Å². The summed E-state index contributed by atoms with van der Waals surface area (Å²) in [5.74, 6) is 2.27. The number of hydrogen-bond donors (Lipinski definition) is 0. The summed E-state index contributed by atoms with van der Waals surface area (Å²) in [6.07, 6.45) is 5.53. The number of piperidine rings is 3. The highest BCUT2D eigenvalue weighted by molar-refractivity contribution is 5.85. The van der Waals surface area contributed by atoms with Crippen molar-refractivity contribution in [3.63, 3.8) is 0 Å². The summed E-state index contributed by atoms with van der Waals surface area (Å²) in [5.41, 5.74) is 0.985. The summed E-state index contributed by atoms with van der Waals surface area (Å²) in [7, 11) is 3.48. The van der Waals surface area contributed by atoms with Gasteiger partial charge in [-0.25, -0.2) is 0 Å². The molecule has 0 N–H and O–H groups in total. The van der Waals surface area contributed by atoms with Crippen molar-refractivity contribution in [2.45, 2.75) is 50.1 Å². The molecule has 2 bridgehead atoms. The van der Waals surface area contributed by atoms with Gasteiger partial charge in [0.05, 0.1) is 25.2 Å². The molecule has 1 aromatic carbocycles. The highest BCUT2D eigenvalue weighted by Gasteiger charge is 2.58. The largest absolute Gasteiger partial charge is 0.496 e. The van der Waals surface area contributed by atoms with E-state index in [4.69, 9.17) is 9.47 Å². The third-order valence-electron chi connectivity index (χ3n) is 7.98. The molecule has 1 amide bonds. The summed E-state index contributed by atoms with van der Waals surface area (Å²) in [4.78, 5) is 18.7. The lowest BCUT2D eigenvalue weighted by atomic mass is 9.67. The molecular formula is C23H32N2O3. The Labute approximate surface area is 168 Å². The Morgan fingerprint density at radius 2 is 1.89 bits per heavy atom. The molecule has 3 atom stereocenters. The number of amides is 1. The number of fused-ring (bicyclic) bond motifs is 2. The van der Waals surface area contributed by atoms with Gasteiger partial charge in [-0.2, -0.15) is 0 Å². The van der Waals surface area contributed by atoms with Crippen LogP contribution < -0.4 is 4.74 Å². The van der Waals surface area contributed by atoms with Gasteiger partial charge in [-0.1, -0.05) is 24.6 Å². The molecule has 4 heterocycles. The van der Waals surface area contributed by atoms with Crippen LogP contribution in [0.25, 0.3) is 0 Å². The van der Waals surface area contributed by atoms with Crippen LogP contribution in [0.15, 0.2) is 24.3 Å². The zero-order valence-corrected chi connectivity index (χ0v) is 17.1. The first kappa shape index (κ1) is 18.4. The van der Waals surface area contributed by atoms with E-state index in [0.717, 1.165) is 31.6 Å². The first-order valence-corrected chi connectivity index (χ1v) is 10.9. The fourth-order valence-corrected chi connectivity index (χ4v) is 6.50. The highest BCUT2D eigenvalue weighted by Crippen LogP contribution is 2.51. The monoisotopic (exact) mass is 384 g/mol. The Morgan fingerprint density at radius 1 is 1.14 bits per heavy atom. The van der Waals surface area contributed by atoms with E-state index in [1.54, 1.807) is 14.2 Å². The summed E-state index contributed by atoms with van der Waals surface area (Å²) < 4.78 is 11.2. The second-order valence-corrected chi connectivity index (χ2v) is 9.23. The lowest BCUT2D eigenvalue weighted by Crippen LogP contribution is -2.62. The van der Waals surface area contributed by atoms with Crippen molar-refractivity contribution < 1.29 is 14.3 Å². The third kappa shape index (κ3) is 2.62. The molecule has 5 fully saturated rings. The van der Waals surface area contributed by atoms with Crippen LogP contribution in [0.2, 0.25) is 0 Å². The summed E-state index contributed by atoms with van der Waals surface area (Å²) in [6.45, 7) is 3.71. The minimum absolute atomic E-state index is 0.277. The molecule has 6 rings (SSSR count). The van der Waals surface area contributed by atoms with E-state index >= 15 is 0 Å². The van der Waals surface area contributed by atoms with E-state index in [2.05, 4.69) is 28.0 Å². The highest BCUT2D eigenvalue weighted by atomic mass is 16.5. The number of carbonyl (C=O) groups is 1. The maximum atomic E-state index is 13.8. The molecule has 5 heteroatoms. The number of benzene rings is 1. The number of ether oxygens (including phenoxy) is 2. The molecule has 1 aliphatic carbocycles. The van der Waals surface area contributed by atoms with Crippen LogP contribution in [0.5, 0.6) is 5.75 Å². The summed E-state index contributed by atoms with van der Waals surface area (Å²) >= 11 is 0. The second kappa shape index (κ2) is 7.03. The fraction of sp³-hybridized carbons (Fsp3) is 0.696. The normalized spacial score (nSPS) is 35.4. The van der Waals surface area contributed by atoms with Crippen molar-refractivity contribution >= 4 is 5.91 Å². The smallest absolute Gasteiger partial charge is 0.231 e. The first-order valence-electron chi connectivity index (χ1n) is 10.9. The predicted octanol–water partition coefficient (Wildman–Crippen LogP) is 2.90. The van der Waals surface area contributed by atoms with E-state index in [-0.39, 0.29) is 5.41 Å². The van der Waals surface area contributed by atoms with Crippen LogP contribution in [0.4, 0.5) is 0 Å². The van der Waals surface area contributed by atoms with E-state index in [0.29, 0.717) is 36.4 Å². The van der Waals surface area contributed by atoms with Crippen molar-refractivity contribution in [1.29, 1.82) is 0 Å². The summed E-state index contributed by atoms with van der Waals surface area (Å²) in [5, 5.41) is 0. The SMILES string of the molecule is COCC1(C(=O)N2C[C@@H](c3ccccc3OC)[C@@H]3[C@H]2C2CCN3CC2)CCC1. The molecule has 1 saturated carbocycles. The molecule has 0 unspecified atom stereocenters. The zero-order chi connectivity index (χ0) is 19.3. The number of carbonyl (C=O) groups excluding carboxylic acids is 1. The number of nitrogens with zero attached hydrogens (tertiary/aromatic N) is 2. The molecule has 4 saturated heterocycles.